The number of rotatable bonds is 0. The van der Waals surface area contributed by atoms with Crippen LogP contribution in [0.1, 0.15) is 5.56 Å². The number of hydrogen-bond acceptors (Lipinski definition) is 2. The molecule has 0 aliphatic heterocycles. The molecule has 0 aliphatic carbocycles. The van der Waals surface area contributed by atoms with Gasteiger partial charge in [-0.05, 0) is 19.1 Å². The third-order valence-corrected chi connectivity index (χ3v) is 2.11. The van der Waals surface area contributed by atoms with E-state index in [4.69, 9.17) is 0 Å². The molecule has 0 fully saturated rings. The van der Waals surface area contributed by atoms with Gasteiger partial charge in [0.15, 0.2) is 0 Å². The summed E-state index contributed by atoms with van der Waals surface area (Å²) in [5.41, 5.74) is 1.85. The van der Waals surface area contributed by atoms with Crippen LogP contribution in [0.3, 0.4) is 0 Å². The Balaban J connectivity index is 3.01. The average Bonchev–Trinajstić information content (AvgIpc) is 2.12. The molecule has 2 rings (SSSR count). The van der Waals surface area contributed by atoms with Crippen LogP contribution in [0.5, 0.6) is 0 Å². The van der Waals surface area contributed by atoms with Crippen LogP contribution in [0.15, 0.2) is 29.3 Å². The second-order valence-electron chi connectivity index (χ2n) is 3.18. The molecule has 3 heteroatoms. The molecule has 0 unspecified atom stereocenters. The number of aromatic nitrogens is 2. The lowest BCUT2D eigenvalue weighted by atomic mass is 10.2. The fourth-order valence-corrected chi connectivity index (χ4v) is 1.40. The maximum absolute atomic E-state index is 11.4. The lowest BCUT2D eigenvalue weighted by Crippen LogP contribution is -2.10. The lowest BCUT2D eigenvalue weighted by Gasteiger charge is -2.03. The van der Waals surface area contributed by atoms with Crippen LogP contribution in [-0.4, -0.2) is 9.55 Å². The van der Waals surface area contributed by atoms with Gasteiger partial charge in [-0.25, -0.2) is 0 Å². The van der Waals surface area contributed by atoms with Crippen LogP contribution < -0.4 is 5.56 Å². The first-order valence-corrected chi connectivity index (χ1v) is 4.10. The highest BCUT2D eigenvalue weighted by molar-refractivity contribution is 5.78. The molecule has 0 saturated carbocycles. The third-order valence-electron chi connectivity index (χ3n) is 2.11. The van der Waals surface area contributed by atoms with Crippen molar-refractivity contribution in [1.29, 1.82) is 0 Å². The maximum atomic E-state index is 11.4. The van der Waals surface area contributed by atoms with Crippen LogP contribution >= 0.6 is 0 Å². The molecule has 1 aromatic heterocycles. The highest BCUT2D eigenvalue weighted by Crippen LogP contribution is 2.09. The summed E-state index contributed by atoms with van der Waals surface area (Å²) in [7, 11) is 1.88. The Labute approximate surface area is 75.7 Å². The zero-order chi connectivity index (χ0) is 9.42. The molecular weight excluding hydrogens is 164 g/mol. The Hall–Kier alpha value is -1.64. The zero-order valence-corrected chi connectivity index (χ0v) is 7.61. The molecule has 3 nitrogen and oxygen atoms in total. The summed E-state index contributed by atoms with van der Waals surface area (Å²) in [6.45, 7) is 1.96. The predicted octanol–water partition coefficient (Wildman–Crippen LogP) is 1.24. The Kier molecular flexibility index (Phi) is 1.65. The van der Waals surface area contributed by atoms with Gasteiger partial charge in [0.1, 0.15) is 0 Å². The van der Waals surface area contributed by atoms with Crippen molar-refractivity contribution < 1.29 is 0 Å². The van der Waals surface area contributed by atoms with Gasteiger partial charge in [-0.1, -0.05) is 11.6 Å². The van der Waals surface area contributed by atoms with Gasteiger partial charge >= 0.3 is 0 Å². The summed E-state index contributed by atoms with van der Waals surface area (Å²) >= 11 is 0. The van der Waals surface area contributed by atoms with E-state index in [1.807, 2.05) is 36.7 Å². The molecule has 13 heavy (non-hydrogen) atoms. The number of nitrogens with zero attached hydrogens (tertiary/aromatic N) is 2. The molecule has 0 aliphatic rings. The molecular formula is C10H10N2O. The highest BCUT2D eigenvalue weighted by Gasteiger charge is 2.00. The molecule has 0 atom stereocenters. The van der Waals surface area contributed by atoms with Crippen molar-refractivity contribution >= 4 is 10.9 Å². The molecule has 2 aromatic rings. The monoisotopic (exact) mass is 174 g/mol. The average molecular weight is 174 g/mol. The van der Waals surface area contributed by atoms with E-state index in [1.165, 1.54) is 0 Å². The summed E-state index contributed by atoms with van der Waals surface area (Å²) < 4.78 is 1.84. The molecule has 1 aromatic carbocycles. The minimum atomic E-state index is -0.156. The van der Waals surface area contributed by atoms with E-state index in [2.05, 4.69) is 4.98 Å². The molecule has 0 amide bonds. The third kappa shape index (κ3) is 1.22. The number of fused-ring (bicyclic) bond motifs is 1. The van der Waals surface area contributed by atoms with E-state index in [0.717, 1.165) is 11.1 Å². The Bertz CT molecular complexity index is 514. The first kappa shape index (κ1) is 7.98. The topological polar surface area (TPSA) is 34.9 Å². The second-order valence-corrected chi connectivity index (χ2v) is 3.18. The number of aryl methyl sites for hydroxylation is 2. The Morgan fingerprint density at radius 1 is 1.38 bits per heavy atom. The Morgan fingerprint density at radius 2 is 2.15 bits per heavy atom. The van der Waals surface area contributed by atoms with Crippen molar-refractivity contribution in [1.82, 2.24) is 9.55 Å². The molecule has 0 radical (unpaired) electrons. The molecule has 0 bridgehead atoms. The van der Waals surface area contributed by atoms with E-state index < -0.39 is 0 Å². The predicted molar refractivity (Wildman–Crippen MR) is 51.7 cm³/mol. The number of hydrogen-bond donors (Lipinski definition) is 0. The van der Waals surface area contributed by atoms with Crippen molar-refractivity contribution in [2.75, 3.05) is 0 Å². The van der Waals surface area contributed by atoms with Crippen LogP contribution in [0.4, 0.5) is 0 Å². The van der Waals surface area contributed by atoms with Gasteiger partial charge in [0.25, 0.3) is 5.56 Å². The molecule has 0 saturated heterocycles. The van der Waals surface area contributed by atoms with Gasteiger partial charge in [0.05, 0.1) is 17.2 Å². The lowest BCUT2D eigenvalue weighted by molar-refractivity contribution is 0.901. The van der Waals surface area contributed by atoms with Gasteiger partial charge in [0.2, 0.25) is 0 Å². The van der Waals surface area contributed by atoms with Crippen LogP contribution in [0, 0.1) is 6.92 Å². The fraction of sp³-hybridized carbons (Fsp3) is 0.200. The summed E-state index contributed by atoms with van der Waals surface area (Å²) in [6, 6.07) is 5.79. The quantitative estimate of drug-likeness (QED) is 0.602. The van der Waals surface area contributed by atoms with Crippen LogP contribution in [-0.2, 0) is 7.05 Å². The van der Waals surface area contributed by atoms with E-state index in [1.54, 1.807) is 6.33 Å². The van der Waals surface area contributed by atoms with E-state index in [-0.39, 0.29) is 5.56 Å². The second kappa shape index (κ2) is 2.69. The van der Waals surface area contributed by atoms with Crippen molar-refractivity contribution in [2.24, 2.45) is 7.05 Å². The van der Waals surface area contributed by atoms with E-state index in [0.29, 0.717) is 5.39 Å². The van der Waals surface area contributed by atoms with Crippen LogP contribution in [0.25, 0.3) is 10.9 Å². The van der Waals surface area contributed by atoms with Gasteiger partial charge in [-0.2, -0.15) is 4.98 Å². The smallest absolute Gasteiger partial charge is 0.280 e. The van der Waals surface area contributed by atoms with E-state index in [9.17, 15) is 4.79 Å². The zero-order valence-electron chi connectivity index (χ0n) is 7.61. The van der Waals surface area contributed by atoms with Gasteiger partial charge in [-0.3, -0.25) is 4.79 Å². The summed E-state index contributed by atoms with van der Waals surface area (Å²) in [6.07, 6.45) is 1.54. The summed E-state index contributed by atoms with van der Waals surface area (Å²) in [5.74, 6) is 0. The van der Waals surface area contributed by atoms with E-state index >= 15 is 0 Å². The largest absolute Gasteiger partial charge is 0.335 e. The van der Waals surface area contributed by atoms with Crippen molar-refractivity contribution in [3.05, 3.63) is 40.4 Å². The Morgan fingerprint density at radius 3 is 2.92 bits per heavy atom. The fourth-order valence-electron chi connectivity index (χ4n) is 1.40. The minimum Gasteiger partial charge on any atom is -0.335 e. The summed E-state index contributed by atoms with van der Waals surface area (Å²) in [4.78, 5) is 15.1. The highest BCUT2D eigenvalue weighted by atomic mass is 16.1. The molecule has 0 N–H and O–H groups in total. The minimum absolute atomic E-state index is 0.156. The summed E-state index contributed by atoms with van der Waals surface area (Å²) in [5, 5.41) is 0.685. The van der Waals surface area contributed by atoms with Gasteiger partial charge < -0.3 is 4.57 Å². The van der Waals surface area contributed by atoms with Crippen LogP contribution in [0.2, 0.25) is 0 Å². The molecule has 1 heterocycles. The standard InChI is InChI=1S/C10H10N2O/c1-7-3-4-9-8(5-7)10(13)11-6-12(9)2/h3-6H,1-2H3. The molecule has 66 valence electrons. The van der Waals surface area contributed by atoms with Gasteiger partial charge in [0, 0.05) is 7.05 Å². The SMILES string of the molecule is Cc1ccc2c(c1)c(=O)ncn2C. The normalized spacial score (nSPS) is 10.6. The molecule has 0 spiro atoms. The van der Waals surface area contributed by atoms with Crippen molar-refractivity contribution in [3.63, 3.8) is 0 Å². The van der Waals surface area contributed by atoms with Gasteiger partial charge in [-0.15, -0.1) is 0 Å². The first-order valence-electron chi connectivity index (χ1n) is 4.10. The van der Waals surface area contributed by atoms with Crippen molar-refractivity contribution in [3.8, 4) is 0 Å². The number of benzene rings is 1. The van der Waals surface area contributed by atoms with Crippen molar-refractivity contribution in [2.45, 2.75) is 6.92 Å². The maximum Gasteiger partial charge on any atom is 0.280 e. The first-order chi connectivity index (χ1) is 6.18.